The van der Waals surface area contributed by atoms with Gasteiger partial charge in [0.2, 0.25) is 5.91 Å². The van der Waals surface area contributed by atoms with E-state index >= 15 is 0 Å². The van der Waals surface area contributed by atoms with Gasteiger partial charge in [-0.05, 0) is 68.8 Å². The standard InChI is InChI=1S/C27H38N8O3/c1-27(2,29)24(36)33-12-14-34(15-13-33)25(37)30-22-9-11-35(26(38)31-22)19-7-5-18(6-8-19)4-3-10-32-16-20-21(17-32)23(20)28/h5-9,11,20-21,23H,3-4,10,12-17,28-29H2,1-2H3,(H,30,31,37,38)/t20-,21?,23?/m1/s1. The van der Waals surface area contributed by atoms with Crippen LogP contribution in [0.15, 0.2) is 41.3 Å². The molecule has 3 atom stereocenters. The third-order valence-electron chi connectivity index (χ3n) is 7.93. The molecule has 3 amide bonds. The van der Waals surface area contributed by atoms with Crippen molar-refractivity contribution in [2.24, 2.45) is 23.3 Å². The van der Waals surface area contributed by atoms with Crippen LogP contribution in [0.25, 0.3) is 5.69 Å². The maximum Gasteiger partial charge on any atom is 0.354 e. The molecule has 3 fully saturated rings. The molecule has 3 heterocycles. The maximum absolute atomic E-state index is 12.7. The molecule has 11 heteroatoms. The van der Waals surface area contributed by atoms with Gasteiger partial charge >= 0.3 is 11.7 Å². The van der Waals surface area contributed by atoms with E-state index < -0.39 is 11.2 Å². The van der Waals surface area contributed by atoms with E-state index in [0.717, 1.165) is 50.0 Å². The van der Waals surface area contributed by atoms with Gasteiger partial charge in [-0.15, -0.1) is 0 Å². The normalized spacial score (nSPS) is 23.3. The molecular formula is C27H38N8O3. The zero-order valence-corrected chi connectivity index (χ0v) is 22.2. The second kappa shape index (κ2) is 10.5. The van der Waals surface area contributed by atoms with Crippen LogP contribution in [0.2, 0.25) is 0 Å². The van der Waals surface area contributed by atoms with E-state index in [1.54, 1.807) is 35.9 Å². The Morgan fingerprint density at radius 1 is 1.03 bits per heavy atom. The van der Waals surface area contributed by atoms with Crippen LogP contribution >= 0.6 is 0 Å². The van der Waals surface area contributed by atoms with Gasteiger partial charge < -0.3 is 26.2 Å². The first kappa shape index (κ1) is 26.3. The SMILES string of the molecule is CC(C)(N)C(=O)N1CCN(C(=O)Nc2ccn(-c3ccc(CCCN4CC5C(N)[C@@H]5C4)cc3)c(=O)n2)CC1. The van der Waals surface area contributed by atoms with Gasteiger partial charge in [-0.25, -0.2) is 9.59 Å². The number of carbonyl (C=O) groups is 2. The van der Waals surface area contributed by atoms with Gasteiger partial charge in [-0.3, -0.25) is 14.7 Å². The summed E-state index contributed by atoms with van der Waals surface area (Å²) in [7, 11) is 0. The lowest BCUT2D eigenvalue weighted by Gasteiger charge is -2.37. The zero-order chi connectivity index (χ0) is 27.0. The minimum atomic E-state index is -0.943. The fraction of sp³-hybridized carbons (Fsp3) is 0.556. The first-order chi connectivity index (χ1) is 18.1. The topological polar surface area (TPSA) is 143 Å². The average molecular weight is 523 g/mol. The summed E-state index contributed by atoms with van der Waals surface area (Å²) in [5, 5.41) is 2.69. The average Bonchev–Trinajstić information content (AvgIpc) is 3.28. The molecule has 0 bridgehead atoms. The van der Waals surface area contributed by atoms with Crippen molar-refractivity contribution >= 4 is 17.8 Å². The Hall–Kier alpha value is -3.28. The number of rotatable bonds is 7. The van der Waals surface area contributed by atoms with E-state index in [1.807, 2.05) is 24.3 Å². The third-order valence-corrected chi connectivity index (χ3v) is 7.93. The molecule has 1 aromatic heterocycles. The van der Waals surface area contributed by atoms with Gasteiger partial charge in [-0.1, -0.05) is 12.1 Å². The first-order valence-corrected chi connectivity index (χ1v) is 13.4. The predicted octanol–water partition coefficient (Wildman–Crippen LogP) is 0.467. The van der Waals surface area contributed by atoms with E-state index in [9.17, 15) is 14.4 Å². The van der Waals surface area contributed by atoms with Crippen LogP contribution in [0, 0.1) is 11.8 Å². The highest BCUT2D eigenvalue weighted by atomic mass is 16.2. The number of likely N-dealkylation sites (tertiary alicyclic amines) is 1. The number of amides is 3. The molecule has 0 radical (unpaired) electrons. The van der Waals surface area contributed by atoms with Gasteiger partial charge in [0.25, 0.3) is 0 Å². The van der Waals surface area contributed by atoms with Crippen molar-refractivity contribution in [1.29, 1.82) is 0 Å². The molecule has 1 aromatic carbocycles. The number of nitrogens with zero attached hydrogens (tertiary/aromatic N) is 5. The smallest absolute Gasteiger partial charge is 0.338 e. The van der Waals surface area contributed by atoms with Gasteiger partial charge in [0.1, 0.15) is 5.82 Å². The Morgan fingerprint density at radius 2 is 1.66 bits per heavy atom. The lowest BCUT2D eigenvalue weighted by atomic mass is 10.1. The molecule has 204 valence electrons. The number of aryl methyl sites for hydroxylation is 1. The minimum absolute atomic E-state index is 0.139. The first-order valence-electron chi connectivity index (χ1n) is 13.4. The number of urea groups is 1. The molecule has 5 N–H and O–H groups in total. The Morgan fingerprint density at radius 3 is 2.26 bits per heavy atom. The van der Waals surface area contributed by atoms with E-state index in [1.165, 1.54) is 10.1 Å². The second-order valence-corrected chi connectivity index (χ2v) is 11.3. The van der Waals surface area contributed by atoms with Crippen LogP contribution in [-0.2, 0) is 11.2 Å². The number of hydrogen-bond donors (Lipinski definition) is 3. The molecule has 38 heavy (non-hydrogen) atoms. The van der Waals surface area contributed by atoms with Crippen LogP contribution in [0.4, 0.5) is 10.6 Å². The molecule has 2 saturated heterocycles. The van der Waals surface area contributed by atoms with Crippen LogP contribution in [-0.4, -0.2) is 93.6 Å². The van der Waals surface area contributed by atoms with E-state index in [2.05, 4.69) is 15.2 Å². The van der Waals surface area contributed by atoms with Crippen LogP contribution in [0.5, 0.6) is 0 Å². The highest BCUT2D eigenvalue weighted by Crippen LogP contribution is 2.43. The number of anilines is 1. The Balaban J connectivity index is 1.10. The summed E-state index contributed by atoms with van der Waals surface area (Å²) >= 11 is 0. The molecule has 11 nitrogen and oxygen atoms in total. The lowest BCUT2D eigenvalue weighted by molar-refractivity contribution is -0.137. The van der Waals surface area contributed by atoms with Crippen molar-refractivity contribution in [1.82, 2.24) is 24.3 Å². The minimum Gasteiger partial charge on any atom is -0.338 e. The molecule has 1 saturated carbocycles. The number of carbonyl (C=O) groups excluding carboxylic acids is 2. The summed E-state index contributed by atoms with van der Waals surface area (Å²) in [4.78, 5) is 47.5. The summed E-state index contributed by atoms with van der Waals surface area (Å²) in [5.74, 6) is 1.49. The lowest BCUT2D eigenvalue weighted by Crippen LogP contribution is -2.58. The van der Waals surface area contributed by atoms with E-state index in [0.29, 0.717) is 32.2 Å². The number of piperazine rings is 1. The predicted molar refractivity (Wildman–Crippen MR) is 145 cm³/mol. The number of aromatic nitrogens is 2. The molecule has 3 aliphatic rings. The monoisotopic (exact) mass is 522 g/mol. The van der Waals surface area contributed by atoms with Crippen molar-refractivity contribution in [2.75, 3.05) is 51.1 Å². The van der Waals surface area contributed by atoms with Crippen molar-refractivity contribution in [3.63, 3.8) is 0 Å². The summed E-state index contributed by atoms with van der Waals surface area (Å²) in [6, 6.07) is 9.62. The highest BCUT2D eigenvalue weighted by molar-refractivity contribution is 5.89. The molecule has 1 aliphatic carbocycles. The maximum atomic E-state index is 12.7. The highest BCUT2D eigenvalue weighted by Gasteiger charge is 2.53. The molecule has 0 spiro atoms. The molecule has 2 aliphatic heterocycles. The van der Waals surface area contributed by atoms with Crippen molar-refractivity contribution < 1.29 is 9.59 Å². The summed E-state index contributed by atoms with van der Waals surface area (Å²) < 4.78 is 1.46. The molecular weight excluding hydrogens is 484 g/mol. The largest absolute Gasteiger partial charge is 0.354 e. The number of nitrogens with one attached hydrogen (secondary N) is 1. The van der Waals surface area contributed by atoms with Gasteiger partial charge in [-0.2, -0.15) is 4.98 Å². The number of piperidine rings is 1. The van der Waals surface area contributed by atoms with Crippen molar-refractivity contribution in [3.8, 4) is 5.69 Å². The second-order valence-electron chi connectivity index (χ2n) is 11.3. The Labute approximate surface area is 222 Å². The number of hydrogen-bond acceptors (Lipinski definition) is 7. The fourth-order valence-corrected chi connectivity index (χ4v) is 5.55. The summed E-state index contributed by atoms with van der Waals surface area (Å²) in [6.07, 6.45) is 3.70. The fourth-order valence-electron chi connectivity index (χ4n) is 5.55. The van der Waals surface area contributed by atoms with Crippen LogP contribution < -0.4 is 22.5 Å². The third kappa shape index (κ3) is 5.74. The summed E-state index contributed by atoms with van der Waals surface area (Å²) in [6.45, 7) is 8.30. The number of fused-ring (bicyclic) bond motifs is 1. The Kier molecular flexibility index (Phi) is 7.26. The summed E-state index contributed by atoms with van der Waals surface area (Å²) in [5.41, 5.74) is 12.5. The van der Waals surface area contributed by atoms with Crippen molar-refractivity contribution in [3.05, 3.63) is 52.6 Å². The van der Waals surface area contributed by atoms with Gasteiger partial charge in [0.05, 0.1) is 11.2 Å². The van der Waals surface area contributed by atoms with E-state index in [4.69, 9.17) is 11.5 Å². The van der Waals surface area contributed by atoms with Gasteiger partial charge in [0.15, 0.2) is 0 Å². The van der Waals surface area contributed by atoms with Crippen LogP contribution in [0.3, 0.4) is 0 Å². The van der Waals surface area contributed by atoms with Gasteiger partial charge in [0, 0.05) is 51.5 Å². The van der Waals surface area contributed by atoms with E-state index in [-0.39, 0.29) is 17.8 Å². The number of benzene rings is 1. The Bertz CT molecular complexity index is 1220. The zero-order valence-electron chi connectivity index (χ0n) is 22.2. The van der Waals surface area contributed by atoms with Crippen molar-refractivity contribution in [2.45, 2.75) is 38.3 Å². The molecule has 2 aromatic rings. The molecule has 2 unspecified atom stereocenters. The number of nitrogens with two attached hydrogens (primary N) is 2. The molecule has 5 rings (SSSR count). The quantitative estimate of drug-likeness (QED) is 0.480. The van der Waals surface area contributed by atoms with Crippen LogP contribution in [0.1, 0.15) is 25.8 Å².